The van der Waals surface area contributed by atoms with Crippen molar-refractivity contribution in [2.75, 3.05) is 12.4 Å². The predicted molar refractivity (Wildman–Crippen MR) is 69.0 cm³/mol. The van der Waals surface area contributed by atoms with Gasteiger partial charge < -0.3 is 5.32 Å². The zero-order valence-electron chi connectivity index (χ0n) is 10.6. The Balaban J connectivity index is 2.62. The summed E-state index contributed by atoms with van der Waals surface area (Å²) in [6, 6.07) is 3.96. The van der Waals surface area contributed by atoms with E-state index in [1.54, 1.807) is 6.20 Å². The Morgan fingerprint density at radius 3 is 2.41 bits per heavy atom. The standard InChI is InChI=1S/C13H16N4/c1-8-7-11(5-6-15-8)12-13(14-4)17-10(3)9(2)16-12/h5-7H,1-4H3,(H,14,17). The van der Waals surface area contributed by atoms with E-state index in [1.165, 1.54) is 0 Å². The van der Waals surface area contributed by atoms with Crippen molar-refractivity contribution < 1.29 is 0 Å². The zero-order chi connectivity index (χ0) is 12.4. The molecule has 2 rings (SSSR count). The molecule has 4 nitrogen and oxygen atoms in total. The lowest BCUT2D eigenvalue weighted by molar-refractivity contribution is 1.05. The Morgan fingerprint density at radius 1 is 1.06 bits per heavy atom. The third-order valence-corrected chi connectivity index (χ3v) is 2.71. The second kappa shape index (κ2) is 4.49. The van der Waals surface area contributed by atoms with E-state index < -0.39 is 0 Å². The highest BCUT2D eigenvalue weighted by Crippen LogP contribution is 2.25. The SMILES string of the molecule is CNc1nc(C)c(C)nc1-c1ccnc(C)c1. The van der Waals surface area contributed by atoms with Crippen molar-refractivity contribution in [2.24, 2.45) is 0 Å². The van der Waals surface area contributed by atoms with Crippen molar-refractivity contribution in [3.8, 4) is 11.3 Å². The molecule has 0 bridgehead atoms. The molecule has 2 aromatic rings. The van der Waals surface area contributed by atoms with Gasteiger partial charge in [0.05, 0.1) is 11.4 Å². The first-order valence-corrected chi connectivity index (χ1v) is 5.58. The van der Waals surface area contributed by atoms with Crippen LogP contribution in [0.1, 0.15) is 17.1 Å². The minimum absolute atomic E-state index is 0.804. The van der Waals surface area contributed by atoms with Crippen LogP contribution in [0.5, 0.6) is 0 Å². The van der Waals surface area contributed by atoms with Crippen LogP contribution in [0.4, 0.5) is 5.82 Å². The van der Waals surface area contributed by atoms with Crippen LogP contribution in [0.3, 0.4) is 0 Å². The Morgan fingerprint density at radius 2 is 1.76 bits per heavy atom. The average molecular weight is 228 g/mol. The predicted octanol–water partition coefficient (Wildman–Crippen LogP) is 2.51. The van der Waals surface area contributed by atoms with E-state index >= 15 is 0 Å². The van der Waals surface area contributed by atoms with Gasteiger partial charge in [-0.1, -0.05) is 0 Å². The smallest absolute Gasteiger partial charge is 0.152 e. The Bertz CT molecular complexity index is 549. The van der Waals surface area contributed by atoms with Gasteiger partial charge in [-0.05, 0) is 32.9 Å². The van der Waals surface area contributed by atoms with Crippen LogP contribution < -0.4 is 5.32 Å². The van der Waals surface area contributed by atoms with E-state index in [1.807, 2.05) is 40.0 Å². The molecule has 2 aromatic heterocycles. The van der Waals surface area contributed by atoms with Crippen molar-refractivity contribution in [1.29, 1.82) is 0 Å². The van der Waals surface area contributed by atoms with E-state index in [9.17, 15) is 0 Å². The number of aryl methyl sites for hydroxylation is 3. The summed E-state index contributed by atoms with van der Waals surface area (Å²) in [6.45, 7) is 5.90. The molecule has 0 spiro atoms. The van der Waals surface area contributed by atoms with Crippen LogP contribution in [0.2, 0.25) is 0 Å². The highest BCUT2D eigenvalue weighted by Gasteiger charge is 2.10. The van der Waals surface area contributed by atoms with Crippen LogP contribution in [0.15, 0.2) is 18.3 Å². The molecule has 0 saturated heterocycles. The molecule has 0 saturated carbocycles. The van der Waals surface area contributed by atoms with Crippen molar-refractivity contribution in [3.63, 3.8) is 0 Å². The van der Waals surface area contributed by atoms with Gasteiger partial charge in [-0.15, -0.1) is 0 Å². The summed E-state index contributed by atoms with van der Waals surface area (Å²) >= 11 is 0. The van der Waals surface area contributed by atoms with Gasteiger partial charge in [0.15, 0.2) is 5.82 Å². The molecular formula is C13H16N4. The summed E-state index contributed by atoms with van der Waals surface area (Å²) in [5.41, 5.74) is 4.79. The van der Waals surface area contributed by atoms with E-state index in [4.69, 9.17) is 0 Å². The van der Waals surface area contributed by atoms with Crippen LogP contribution in [0, 0.1) is 20.8 Å². The summed E-state index contributed by atoms with van der Waals surface area (Å²) in [5.74, 6) is 0.804. The summed E-state index contributed by atoms with van der Waals surface area (Å²) in [7, 11) is 1.86. The molecule has 17 heavy (non-hydrogen) atoms. The molecule has 0 radical (unpaired) electrons. The molecule has 0 fully saturated rings. The summed E-state index contributed by atoms with van der Waals surface area (Å²) < 4.78 is 0. The highest BCUT2D eigenvalue weighted by molar-refractivity contribution is 5.71. The van der Waals surface area contributed by atoms with Crippen molar-refractivity contribution in [3.05, 3.63) is 35.4 Å². The molecule has 88 valence electrons. The van der Waals surface area contributed by atoms with Gasteiger partial charge in [-0.25, -0.2) is 9.97 Å². The third kappa shape index (κ3) is 2.25. The first-order chi connectivity index (χ1) is 8.11. The summed E-state index contributed by atoms with van der Waals surface area (Å²) in [4.78, 5) is 13.3. The number of rotatable bonds is 2. The normalized spacial score (nSPS) is 10.4. The molecule has 1 N–H and O–H groups in total. The van der Waals surface area contributed by atoms with Gasteiger partial charge >= 0.3 is 0 Å². The van der Waals surface area contributed by atoms with Crippen molar-refractivity contribution in [1.82, 2.24) is 15.0 Å². The minimum Gasteiger partial charge on any atom is -0.371 e. The second-order valence-electron chi connectivity index (χ2n) is 4.03. The summed E-state index contributed by atoms with van der Waals surface area (Å²) in [6.07, 6.45) is 1.79. The van der Waals surface area contributed by atoms with E-state index in [2.05, 4.69) is 20.3 Å². The van der Waals surface area contributed by atoms with Crippen molar-refractivity contribution >= 4 is 5.82 Å². The van der Waals surface area contributed by atoms with Gasteiger partial charge in [0.2, 0.25) is 0 Å². The maximum Gasteiger partial charge on any atom is 0.152 e. The molecule has 0 amide bonds. The molecule has 0 aliphatic heterocycles. The number of pyridine rings is 1. The molecule has 0 unspecified atom stereocenters. The molecule has 4 heteroatoms. The van der Waals surface area contributed by atoms with Crippen LogP contribution in [-0.2, 0) is 0 Å². The van der Waals surface area contributed by atoms with Gasteiger partial charge in [0.25, 0.3) is 0 Å². The number of hydrogen-bond donors (Lipinski definition) is 1. The minimum atomic E-state index is 0.804. The fourth-order valence-electron chi connectivity index (χ4n) is 1.67. The van der Waals surface area contributed by atoms with E-state index in [-0.39, 0.29) is 0 Å². The Labute approximate surface area is 101 Å². The second-order valence-corrected chi connectivity index (χ2v) is 4.03. The maximum atomic E-state index is 4.60. The fourth-order valence-corrected chi connectivity index (χ4v) is 1.67. The molecule has 0 aliphatic rings. The molecule has 2 heterocycles. The fraction of sp³-hybridized carbons (Fsp3) is 0.308. The lowest BCUT2D eigenvalue weighted by Crippen LogP contribution is -2.03. The topological polar surface area (TPSA) is 50.7 Å². The lowest BCUT2D eigenvalue weighted by atomic mass is 10.1. The van der Waals surface area contributed by atoms with E-state index in [0.29, 0.717) is 0 Å². The number of hydrogen-bond acceptors (Lipinski definition) is 4. The van der Waals surface area contributed by atoms with Gasteiger partial charge in [-0.2, -0.15) is 0 Å². The first-order valence-electron chi connectivity index (χ1n) is 5.58. The van der Waals surface area contributed by atoms with Gasteiger partial charge in [0, 0.05) is 24.5 Å². The number of nitrogens with one attached hydrogen (secondary N) is 1. The number of aromatic nitrogens is 3. The van der Waals surface area contributed by atoms with Crippen LogP contribution in [0.25, 0.3) is 11.3 Å². The van der Waals surface area contributed by atoms with Gasteiger partial charge in [-0.3, -0.25) is 4.98 Å². The lowest BCUT2D eigenvalue weighted by Gasteiger charge is -2.10. The number of anilines is 1. The molecular weight excluding hydrogens is 212 g/mol. The highest BCUT2D eigenvalue weighted by atomic mass is 15.0. The molecule has 0 aliphatic carbocycles. The molecule has 0 atom stereocenters. The largest absolute Gasteiger partial charge is 0.371 e. The third-order valence-electron chi connectivity index (χ3n) is 2.71. The van der Waals surface area contributed by atoms with E-state index in [0.717, 1.165) is 34.2 Å². The van der Waals surface area contributed by atoms with Crippen LogP contribution >= 0.6 is 0 Å². The zero-order valence-corrected chi connectivity index (χ0v) is 10.6. The Hall–Kier alpha value is -1.97. The summed E-state index contributed by atoms with van der Waals surface area (Å²) in [5, 5.41) is 3.09. The quantitative estimate of drug-likeness (QED) is 0.858. The maximum absolute atomic E-state index is 4.60. The van der Waals surface area contributed by atoms with Crippen molar-refractivity contribution in [2.45, 2.75) is 20.8 Å². The monoisotopic (exact) mass is 228 g/mol. The average Bonchev–Trinajstić information content (AvgIpc) is 2.32. The molecule has 0 aromatic carbocycles. The Kier molecular flexibility index (Phi) is 3.04. The number of nitrogens with zero attached hydrogens (tertiary/aromatic N) is 3. The first kappa shape index (κ1) is 11.5. The van der Waals surface area contributed by atoms with Crippen LogP contribution in [-0.4, -0.2) is 22.0 Å². The van der Waals surface area contributed by atoms with Gasteiger partial charge in [0.1, 0.15) is 5.69 Å².